The van der Waals surface area contributed by atoms with E-state index in [0.717, 1.165) is 6.54 Å². The Hall–Kier alpha value is -1.67. The van der Waals surface area contributed by atoms with Crippen LogP contribution in [0.1, 0.15) is 49.6 Å². The van der Waals surface area contributed by atoms with Gasteiger partial charge in [-0.05, 0) is 36.5 Å². The van der Waals surface area contributed by atoms with E-state index in [2.05, 4.69) is 66.6 Å². The SMILES string of the molecule is CC(C)(CNC1CCCc2cccnc21)c1ccccc1. The molecule has 2 aromatic rings. The maximum Gasteiger partial charge on any atom is 0.0605 e. The molecule has 0 saturated heterocycles. The first-order valence-electron chi connectivity index (χ1n) is 7.89. The van der Waals surface area contributed by atoms with E-state index in [4.69, 9.17) is 0 Å². The summed E-state index contributed by atoms with van der Waals surface area (Å²) in [6.07, 6.45) is 5.53. The van der Waals surface area contributed by atoms with Gasteiger partial charge in [-0.1, -0.05) is 50.2 Å². The highest BCUT2D eigenvalue weighted by Crippen LogP contribution is 2.29. The number of hydrogen-bond acceptors (Lipinski definition) is 2. The van der Waals surface area contributed by atoms with Crippen molar-refractivity contribution in [1.82, 2.24) is 10.3 Å². The van der Waals surface area contributed by atoms with E-state index < -0.39 is 0 Å². The summed E-state index contributed by atoms with van der Waals surface area (Å²) in [4.78, 5) is 4.61. The van der Waals surface area contributed by atoms with Crippen LogP contribution in [0.2, 0.25) is 0 Å². The molecule has 1 aromatic heterocycles. The Kier molecular flexibility index (Phi) is 4.07. The van der Waals surface area contributed by atoms with Gasteiger partial charge in [0.15, 0.2) is 0 Å². The Morgan fingerprint density at radius 3 is 2.76 bits per heavy atom. The largest absolute Gasteiger partial charge is 0.308 e. The third-order valence-electron chi connectivity index (χ3n) is 4.54. The minimum Gasteiger partial charge on any atom is -0.308 e. The Bertz CT molecular complexity index is 590. The summed E-state index contributed by atoms with van der Waals surface area (Å²) >= 11 is 0. The van der Waals surface area contributed by atoms with Gasteiger partial charge in [0.25, 0.3) is 0 Å². The van der Waals surface area contributed by atoms with Gasteiger partial charge in [-0.25, -0.2) is 0 Å². The van der Waals surface area contributed by atoms with Gasteiger partial charge >= 0.3 is 0 Å². The first kappa shape index (κ1) is 14.3. The highest BCUT2D eigenvalue weighted by molar-refractivity contribution is 5.27. The van der Waals surface area contributed by atoms with Gasteiger partial charge in [-0.15, -0.1) is 0 Å². The molecule has 0 amide bonds. The monoisotopic (exact) mass is 280 g/mol. The fourth-order valence-corrected chi connectivity index (χ4v) is 3.18. The molecular weight excluding hydrogens is 256 g/mol. The molecule has 0 bridgehead atoms. The van der Waals surface area contributed by atoms with E-state index in [0.29, 0.717) is 6.04 Å². The molecule has 1 heterocycles. The van der Waals surface area contributed by atoms with Crippen molar-refractivity contribution in [3.63, 3.8) is 0 Å². The van der Waals surface area contributed by atoms with Gasteiger partial charge in [-0.3, -0.25) is 4.98 Å². The van der Waals surface area contributed by atoms with Gasteiger partial charge < -0.3 is 5.32 Å². The molecule has 0 radical (unpaired) electrons. The fourth-order valence-electron chi connectivity index (χ4n) is 3.18. The van der Waals surface area contributed by atoms with Crippen molar-refractivity contribution < 1.29 is 0 Å². The summed E-state index contributed by atoms with van der Waals surface area (Å²) < 4.78 is 0. The first-order chi connectivity index (χ1) is 10.2. The average Bonchev–Trinajstić information content (AvgIpc) is 2.54. The summed E-state index contributed by atoms with van der Waals surface area (Å²) in [5.41, 5.74) is 4.19. The van der Waals surface area contributed by atoms with Crippen molar-refractivity contribution in [3.05, 3.63) is 65.5 Å². The zero-order valence-corrected chi connectivity index (χ0v) is 13.0. The Morgan fingerprint density at radius 1 is 1.14 bits per heavy atom. The second kappa shape index (κ2) is 5.98. The Morgan fingerprint density at radius 2 is 1.95 bits per heavy atom. The predicted octanol–water partition coefficient (Wildman–Crippen LogP) is 4.03. The maximum absolute atomic E-state index is 4.61. The van der Waals surface area contributed by atoms with Gasteiger partial charge in [-0.2, -0.15) is 0 Å². The van der Waals surface area contributed by atoms with Crippen LogP contribution in [-0.2, 0) is 11.8 Å². The smallest absolute Gasteiger partial charge is 0.0605 e. The molecule has 110 valence electrons. The van der Waals surface area contributed by atoms with Crippen molar-refractivity contribution >= 4 is 0 Å². The van der Waals surface area contributed by atoms with Crippen LogP contribution < -0.4 is 5.32 Å². The van der Waals surface area contributed by atoms with Crippen LogP contribution in [-0.4, -0.2) is 11.5 Å². The third-order valence-corrected chi connectivity index (χ3v) is 4.54. The van der Waals surface area contributed by atoms with Gasteiger partial charge in [0.05, 0.1) is 5.69 Å². The minimum absolute atomic E-state index is 0.133. The van der Waals surface area contributed by atoms with Crippen LogP contribution in [0.5, 0.6) is 0 Å². The van der Waals surface area contributed by atoms with Gasteiger partial charge in [0.2, 0.25) is 0 Å². The van der Waals surface area contributed by atoms with Gasteiger partial charge in [0.1, 0.15) is 0 Å². The van der Waals surface area contributed by atoms with Gasteiger partial charge in [0, 0.05) is 24.2 Å². The predicted molar refractivity (Wildman–Crippen MR) is 87.4 cm³/mol. The Balaban J connectivity index is 1.71. The van der Waals surface area contributed by atoms with Crippen molar-refractivity contribution in [3.8, 4) is 0 Å². The molecule has 21 heavy (non-hydrogen) atoms. The second-order valence-corrected chi connectivity index (χ2v) is 6.62. The number of pyridine rings is 1. The third kappa shape index (κ3) is 3.16. The van der Waals surface area contributed by atoms with Crippen molar-refractivity contribution in [2.75, 3.05) is 6.54 Å². The summed E-state index contributed by atoms with van der Waals surface area (Å²) in [5.74, 6) is 0. The molecule has 1 aromatic carbocycles. The number of benzene rings is 1. The highest BCUT2D eigenvalue weighted by atomic mass is 15.0. The maximum atomic E-state index is 4.61. The van der Waals surface area contributed by atoms with Crippen LogP contribution in [0.15, 0.2) is 48.7 Å². The topological polar surface area (TPSA) is 24.9 Å². The quantitative estimate of drug-likeness (QED) is 0.914. The van der Waals surface area contributed by atoms with Crippen LogP contribution in [0.25, 0.3) is 0 Å². The average molecular weight is 280 g/mol. The molecule has 0 fully saturated rings. The van der Waals surface area contributed by atoms with Crippen LogP contribution in [0.3, 0.4) is 0 Å². The summed E-state index contributed by atoms with van der Waals surface area (Å²) in [6, 6.07) is 15.4. The van der Waals surface area contributed by atoms with Crippen LogP contribution in [0, 0.1) is 0 Å². The molecule has 1 aliphatic rings. The van der Waals surface area contributed by atoms with Crippen molar-refractivity contribution in [2.45, 2.75) is 44.6 Å². The lowest BCUT2D eigenvalue weighted by Gasteiger charge is -2.31. The highest BCUT2D eigenvalue weighted by Gasteiger charge is 2.25. The summed E-state index contributed by atoms with van der Waals surface area (Å²) in [6.45, 7) is 5.58. The van der Waals surface area contributed by atoms with E-state index >= 15 is 0 Å². The van der Waals surface area contributed by atoms with E-state index in [1.807, 2.05) is 6.20 Å². The number of fused-ring (bicyclic) bond motifs is 1. The van der Waals surface area contributed by atoms with E-state index in [-0.39, 0.29) is 5.41 Å². The molecule has 1 unspecified atom stereocenters. The van der Waals surface area contributed by atoms with Crippen molar-refractivity contribution in [1.29, 1.82) is 0 Å². The van der Waals surface area contributed by atoms with E-state index in [1.54, 1.807) is 0 Å². The first-order valence-corrected chi connectivity index (χ1v) is 7.89. The molecule has 0 spiro atoms. The molecule has 0 saturated carbocycles. The standard InChI is InChI=1S/C19H24N2/c1-19(2,16-10-4-3-5-11-16)14-21-17-12-6-8-15-9-7-13-20-18(15)17/h3-5,7,9-11,13,17,21H,6,8,12,14H2,1-2H3. The number of hydrogen-bond donors (Lipinski definition) is 1. The lowest BCUT2D eigenvalue weighted by Crippen LogP contribution is -2.36. The van der Waals surface area contributed by atoms with E-state index in [1.165, 1.54) is 36.1 Å². The molecule has 3 rings (SSSR count). The molecule has 1 aliphatic carbocycles. The molecule has 1 atom stereocenters. The van der Waals surface area contributed by atoms with Crippen LogP contribution in [0.4, 0.5) is 0 Å². The molecule has 2 nitrogen and oxygen atoms in total. The lowest BCUT2D eigenvalue weighted by atomic mass is 9.83. The lowest BCUT2D eigenvalue weighted by molar-refractivity contribution is 0.386. The second-order valence-electron chi connectivity index (χ2n) is 6.62. The molecule has 1 N–H and O–H groups in total. The van der Waals surface area contributed by atoms with Crippen LogP contribution >= 0.6 is 0 Å². The zero-order chi connectivity index (χ0) is 14.7. The van der Waals surface area contributed by atoms with E-state index in [9.17, 15) is 0 Å². The minimum atomic E-state index is 0.133. The molecule has 2 heteroatoms. The van der Waals surface area contributed by atoms with Crippen molar-refractivity contribution in [2.24, 2.45) is 0 Å². The number of nitrogens with zero attached hydrogens (tertiary/aromatic N) is 1. The number of aromatic nitrogens is 1. The molecule has 0 aliphatic heterocycles. The molecular formula is C19H24N2. The fraction of sp³-hybridized carbons (Fsp3) is 0.421. The number of aryl methyl sites for hydroxylation is 1. The summed E-state index contributed by atoms with van der Waals surface area (Å²) in [5, 5.41) is 3.75. The summed E-state index contributed by atoms with van der Waals surface area (Å²) in [7, 11) is 0. The number of rotatable bonds is 4. The normalized spacial score (nSPS) is 18.3. The number of nitrogens with one attached hydrogen (secondary N) is 1. The Labute approximate surface area is 127 Å². The zero-order valence-electron chi connectivity index (χ0n) is 13.0.